The highest BCUT2D eigenvalue weighted by molar-refractivity contribution is 5.89. The van der Waals surface area contributed by atoms with Crippen molar-refractivity contribution < 1.29 is 22.7 Å². The number of halogens is 3. The average molecular weight is 343 g/mol. The molecule has 0 saturated carbocycles. The fraction of sp³-hybridized carbons (Fsp3) is 0.611. The molecule has 1 amide bonds. The summed E-state index contributed by atoms with van der Waals surface area (Å²) in [5.41, 5.74) is 0.745. The van der Waals surface area contributed by atoms with Gasteiger partial charge in [0.25, 0.3) is 0 Å². The van der Waals surface area contributed by atoms with Gasteiger partial charge in [-0.15, -0.1) is 0 Å². The van der Waals surface area contributed by atoms with Crippen molar-refractivity contribution in [2.24, 2.45) is 0 Å². The molecule has 1 aromatic rings. The highest BCUT2D eigenvalue weighted by atomic mass is 19.4. The number of rotatable bonds is 3. The molecule has 0 aromatic heterocycles. The minimum Gasteiger partial charge on any atom is -0.446 e. The molecule has 0 N–H and O–H groups in total. The third kappa shape index (κ3) is 4.02. The molecule has 1 atom stereocenters. The van der Waals surface area contributed by atoms with Crippen molar-refractivity contribution in [3.05, 3.63) is 28.8 Å². The smallest absolute Gasteiger partial charge is 0.416 e. The molecule has 24 heavy (non-hydrogen) atoms. The van der Waals surface area contributed by atoms with Crippen LogP contribution in [0.3, 0.4) is 0 Å². The van der Waals surface area contributed by atoms with Crippen molar-refractivity contribution in [1.29, 1.82) is 0 Å². The summed E-state index contributed by atoms with van der Waals surface area (Å²) in [5.74, 6) is 0. The molecule has 1 aliphatic rings. The van der Waals surface area contributed by atoms with E-state index >= 15 is 0 Å². The maximum absolute atomic E-state index is 13.4. The molecule has 6 heteroatoms. The summed E-state index contributed by atoms with van der Waals surface area (Å²) in [6.45, 7) is 5.76. The monoisotopic (exact) mass is 343 g/mol. The molecule has 0 spiro atoms. The Morgan fingerprint density at radius 1 is 1.29 bits per heavy atom. The Morgan fingerprint density at radius 3 is 2.58 bits per heavy atom. The number of anilines is 1. The molecule has 1 aromatic carbocycles. The first-order valence-electron chi connectivity index (χ1n) is 8.49. The van der Waals surface area contributed by atoms with E-state index in [9.17, 15) is 18.0 Å². The summed E-state index contributed by atoms with van der Waals surface area (Å²) in [7, 11) is 0. The number of amides is 1. The maximum atomic E-state index is 13.4. The van der Waals surface area contributed by atoms with Gasteiger partial charge < -0.3 is 4.74 Å². The first-order valence-corrected chi connectivity index (χ1v) is 8.49. The van der Waals surface area contributed by atoms with Crippen molar-refractivity contribution in [3.63, 3.8) is 0 Å². The van der Waals surface area contributed by atoms with Crippen LogP contribution in [0.4, 0.5) is 23.7 Å². The molecule has 1 aliphatic heterocycles. The number of nitrogens with zero attached hydrogens (tertiary/aromatic N) is 1. The third-order valence-electron chi connectivity index (χ3n) is 4.46. The second-order valence-corrected chi connectivity index (χ2v) is 6.20. The lowest BCUT2D eigenvalue weighted by molar-refractivity contribution is -0.138. The number of hydrogen-bond donors (Lipinski definition) is 0. The number of fused-ring (bicyclic) bond motifs is 1. The van der Waals surface area contributed by atoms with Crippen molar-refractivity contribution >= 4 is 11.8 Å². The van der Waals surface area contributed by atoms with Gasteiger partial charge in [0.1, 0.15) is 6.10 Å². The summed E-state index contributed by atoms with van der Waals surface area (Å²) in [6, 6.07) is 2.73. The molecule has 0 bridgehead atoms. The van der Waals surface area contributed by atoms with Crippen LogP contribution in [0.1, 0.15) is 56.7 Å². The predicted molar refractivity (Wildman–Crippen MR) is 87.3 cm³/mol. The van der Waals surface area contributed by atoms with Crippen LogP contribution in [-0.4, -0.2) is 18.7 Å². The summed E-state index contributed by atoms with van der Waals surface area (Å²) in [6.07, 6.45) is -2.03. The summed E-state index contributed by atoms with van der Waals surface area (Å²) in [5, 5.41) is 0. The van der Waals surface area contributed by atoms with Crippen LogP contribution in [0.2, 0.25) is 0 Å². The van der Waals surface area contributed by atoms with Crippen LogP contribution in [0.15, 0.2) is 12.1 Å². The Balaban J connectivity index is 2.47. The first-order chi connectivity index (χ1) is 11.3. The molecule has 1 heterocycles. The summed E-state index contributed by atoms with van der Waals surface area (Å²) >= 11 is 0. The van der Waals surface area contributed by atoms with E-state index in [0.717, 1.165) is 24.5 Å². The zero-order valence-electron chi connectivity index (χ0n) is 14.4. The molecular formula is C18H24F3NO2. The van der Waals surface area contributed by atoms with Crippen LogP contribution in [-0.2, 0) is 23.8 Å². The lowest BCUT2D eigenvalue weighted by atomic mass is 9.97. The van der Waals surface area contributed by atoms with E-state index < -0.39 is 17.8 Å². The molecular weight excluding hydrogens is 319 g/mol. The Hall–Kier alpha value is -1.72. The second kappa shape index (κ2) is 7.45. The molecule has 134 valence electrons. The number of carbonyl (C=O) groups is 1. The molecule has 2 rings (SSSR count). The first kappa shape index (κ1) is 18.6. The third-order valence-corrected chi connectivity index (χ3v) is 4.46. The van der Waals surface area contributed by atoms with Gasteiger partial charge in [0.2, 0.25) is 0 Å². The molecule has 0 fully saturated rings. The molecule has 3 nitrogen and oxygen atoms in total. The maximum Gasteiger partial charge on any atom is 0.416 e. The zero-order chi connectivity index (χ0) is 17.9. The lowest BCUT2D eigenvalue weighted by Gasteiger charge is -2.26. The van der Waals surface area contributed by atoms with Crippen LogP contribution < -0.4 is 4.90 Å². The van der Waals surface area contributed by atoms with E-state index in [-0.39, 0.29) is 11.7 Å². The summed E-state index contributed by atoms with van der Waals surface area (Å²) in [4.78, 5) is 13.8. The van der Waals surface area contributed by atoms with Crippen LogP contribution in [0, 0.1) is 0 Å². The average Bonchev–Trinajstić information content (AvgIpc) is 2.74. The van der Waals surface area contributed by atoms with Crippen LogP contribution in [0.5, 0.6) is 0 Å². The zero-order valence-corrected chi connectivity index (χ0v) is 14.4. The Kier molecular flexibility index (Phi) is 5.78. The van der Waals surface area contributed by atoms with E-state index in [2.05, 4.69) is 0 Å². The fourth-order valence-electron chi connectivity index (χ4n) is 2.91. The van der Waals surface area contributed by atoms with Crippen LogP contribution in [0.25, 0.3) is 0 Å². The Labute approximate surface area is 140 Å². The standard InChI is InChI=1S/C18H24F3NO2/c1-4-12(3)24-17(23)22-9-7-6-8-14-10-13(5-2)15(11-16(14)22)18(19,20)21/h10-12H,4-9H2,1-3H3. The number of benzene rings is 1. The van der Waals surface area contributed by atoms with Gasteiger partial charge in [-0.05, 0) is 56.2 Å². The predicted octanol–water partition coefficient (Wildman–Crippen LogP) is 5.35. The largest absolute Gasteiger partial charge is 0.446 e. The number of ether oxygens (including phenoxy) is 1. The normalized spacial score (nSPS) is 16.3. The van der Waals surface area contributed by atoms with Crippen molar-refractivity contribution in [2.45, 2.75) is 65.2 Å². The number of aryl methyl sites for hydroxylation is 2. The number of hydrogen-bond acceptors (Lipinski definition) is 2. The SMILES string of the molecule is CCc1cc2c(cc1C(F)(F)F)N(C(=O)OC(C)CC)CCCC2. The fourth-order valence-corrected chi connectivity index (χ4v) is 2.91. The molecule has 0 aliphatic carbocycles. The van der Waals surface area contributed by atoms with Gasteiger partial charge in [0, 0.05) is 6.54 Å². The van der Waals surface area contributed by atoms with Gasteiger partial charge >= 0.3 is 12.3 Å². The van der Waals surface area contributed by atoms with E-state index in [0.29, 0.717) is 31.5 Å². The van der Waals surface area contributed by atoms with E-state index in [4.69, 9.17) is 4.74 Å². The molecule has 0 radical (unpaired) electrons. The lowest BCUT2D eigenvalue weighted by Crippen LogP contribution is -2.34. The Bertz CT molecular complexity index is 599. The number of alkyl halides is 3. The van der Waals surface area contributed by atoms with Crippen molar-refractivity contribution in [1.82, 2.24) is 0 Å². The van der Waals surface area contributed by atoms with Crippen molar-refractivity contribution in [3.8, 4) is 0 Å². The number of carbonyl (C=O) groups excluding carboxylic acids is 1. The van der Waals surface area contributed by atoms with E-state index in [1.165, 1.54) is 4.90 Å². The Morgan fingerprint density at radius 2 is 2.00 bits per heavy atom. The highest BCUT2D eigenvalue weighted by Gasteiger charge is 2.35. The van der Waals surface area contributed by atoms with Gasteiger partial charge in [-0.25, -0.2) is 4.79 Å². The molecule has 0 saturated heterocycles. The topological polar surface area (TPSA) is 29.5 Å². The minimum absolute atomic E-state index is 0.263. The summed E-state index contributed by atoms with van der Waals surface area (Å²) < 4.78 is 45.4. The van der Waals surface area contributed by atoms with E-state index in [1.807, 2.05) is 6.92 Å². The van der Waals surface area contributed by atoms with Gasteiger partial charge in [-0.2, -0.15) is 13.2 Å². The molecule has 1 unspecified atom stereocenters. The van der Waals surface area contributed by atoms with E-state index in [1.54, 1.807) is 19.9 Å². The second-order valence-electron chi connectivity index (χ2n) is 6.20. The minimum atomic E-state index is -4.43. The van der Waals surface area contributed by atoms with Gasteiger partial charge in [-0.3, -0.25) is 4.90 Å². The highest BCUT2D eigenvalue weighted by Crippen LogP contribution is 2.38. The van der Waals surface area contributed by atoms with Gasteiger partial charge in [-0.1, -0.05) is 19.9 Å². The van der Waals surface area contributed by atoms with Gasteiger partial charge in [0.05, 0.1) is 11.3 Å². The quantitative estimate of drug-likeness (QED) is 0.741. The van der Waals surface area contributed by atoms with Crippen molar-refractivity contribution in [2.75, 3.05) is 11.4 Å². The van der Waals surface area contributed by atoms with Crippen LogP contribution >= 0.6 is 0 Å². The van der Waals surface area contributed by atoms with Gasteiger partial charge in [0.15, 0.2) is 0 Å².